The van der Waals surface area contributed by atoms with Crippen molar-refractivity contribution in [3.8, 4) is 0 Å². The predicted molar refractivity (Wildman–Crippen MR) is 74.2 cm³/mol. The van der Waals surface area contributed by atoms with Gasteiger partial charge in [0.25, 0.3) is 0 Å². The molecule has 1 aromatic carbocycles. The van der Waals surface area contributed by atoms with E-state index in [4.69, 9.17) is 5.73 Å². The lowest BCUT2D eigenvalue weighted by Gasteiger charge is -2.18. The minimum Gasteiger partial charge on any atom is -0.382 e. The minimum absolute atomic E-state index is 0.117. The first-order valence-corrected chi connectivity index (χ1v) is 6.88. The van der Waals surface area contributed by atoms with E-state index >= 15 is 0 Å². The smallest absolute Gasteiger partial charge is 0.0345 e. The molecule has 1 aromatic rings. The first kappa shape index (κ1) is 12.4. The van der Waals surface area contributed by atoms with E-state index in [-0.39, 0.29) is 6.04 Å². The van der Waals surface area contributed by atoms with Gasteiger partial charge in [-0.05, 0) is 37.5 Å². The lowest BCUT2D eigenvalue weighted by atomic mass is 10.1. The Hall–Kier alpha value is -1.02. The van der Waals surface area contributed by atoms with Crippen molar-refractivity contribution in [2.45, 2.75) is 57.5 Å². The summed E-state index contributed by atoms with van der Waals surface area (Å²) in [5, 5.41) is 3.66. The summed E-state index contributed by atoms with van der Waals surface area (Å²) in [4.78, 5) is 0. The van der Waals surface area contributed by atoms with E-state index in [0.29, 0.717) is 6.04 Å². The second-order valence-electron chi connectivity index (χ2n) is 5.25. The van der Waals surface area contributed by atoms with Crippen LogP contribution in [-0.2, 0) is 0 Å². The Kier molecular flexibility index (Phi) is 4.43. The first-order valence-electron chi connectivity index (χ1n) is 6.88. The molecule has 1 fully saturated rings. The van der Waals surface area contributed by atoms with Crippen LogP contribution in [0.5, 0.6) is 0 Å². The minimum atomic E-state index is 0.117. The van der Waals surface area contributed by atoms with Crippen molar-refractivity contribution >= 4 is 5.69 Å². The fourth-order valence-corrected chi connectivity index (χ4v) is 2.57. The molecular formula is C15H24N2. The van der Waals surface area contributed by atoms with Gasteiger partial charge in [-0.15, -0.1) is 0 Å². The molecule has 0 aromatic heterocycles. The summed E-state index contributed by atoms with van der Waals surface area (Å²) in [6, 6.07) is 9.30. The van der Waals surface area contributed by atoms with Crippen molar-refractivity contribution < 1.29 is 0 Å². The van der Waals surface area contributed by atoms with Crippen LogP contribution in [0.15, 0.2) is 24.3 Å². The summed E-state index contributed by atoms with van der Waals surface area (Å²) in [5.41, 5.74) is 8.35. The van der Waals surface area contributed by atoms with Crippen molar-refractivity contribution in [2.75, 3.05) is 5.32 Å². The van der Waals surface area contributed by atoms with Crippen LogP contribution in [0.1, 0.15) is 57.1 Å². The molecule has 0 aliphatic heterocycles. The number of nitrogens with one attached hydrogen (secondary N) is 1. The van der Waals surface area contributed by atoms with E-state index in [1.807, 2.05) is 6.92 Å². The topological polar surface area (TPSA) is 38.0 Å². The summed E-state index contributed by atoms with van der Waals surface area (Å²) >= 11 is 0. The van der Waals surface area contributed by atoms with Crippen LogP contribution >= 0.6 is 0 Å². The van der Waals surface area contributed by atoms with E-state index < -0.39 is 0 Å². The van der Waals surface area contributed by atoms with Crippen molar-refractivity contribution in [2.24, 2.45) is 5.73 Å². The molecule has 94 valence electrons. The summed E-state index contributed by atoms with van der Waals surface area (Å²) in [7, 11) is 0. The van der Waals surface area contributed by atoms with E-state index in [0.717, 1.165) is 0 Å². The number of benzene rings is 1. The zero-order valence-corrected chi connectivity index (χ0v) is 10.8. The van der Waals surface area contributed by atoms with Crippen LogP contribution in [-0.4, -0.2) is 6.04 Å². The zero-order chi connectivity index (χ0) is 12.1. The Bertz CT molecular complexity index is 339. The lowest BCUT2D eigenvalue weighted by Crippen LogP contribution is -2.18. The zero-order valence-electron chi connectivity index (χ0n) is 10.8. The Labute approximate surface area is 105 Å². The van der Waals surface area contributed by atoms with Crippen LogP contribution in [0.3, 0.4) is 0 Å². The molecule has 0 heterocycles. The highest BCUT2D eigenvalue weighted by molar-refractivity contribution is 5.47. The van der Waals surface area contributed by atoms with Gasteiger partial charge in [-0.3, -0.25) is 0 Å². The van der Waals surface area contributed by atoms with Crippen LogP contribution in [0, 0.1) is 0 Å². The number of rotatable bonds is 3. The molecule has 2 nitrogen and oxygen atoms in total. The van der Waals surface area contributed by atoms with Gasteiger partial charge in [0.1, 0.15) is 0 Å². The van der Waals surface area contributed by atoms with Crippen LogP contribution in [0.25, 0.3) is 0 Å². The maximum absolute atomic E-state index is 5.91. The summed E-state index contributed by atoms with van der Waals surface area (Å²) in [5.74, 6) is 0. The first-order chi connectivity index (χ1) is 8.25. The van der Waals surface area contributed by atoms with Gasteiger partial charge in [0.15, 0.2) is 0 Å². The predicted octanol–water partition coefficient (Wildman–Crippen LogP) is 3.84. The molecule has 0 radical (unpaired) electrons. The van der Waals surface area contributed by atoms with Crippen molar-refractivity contribution in [3.63, 3.8) is 0 Å². The SMILES string of the molecule is CC(N)c1cccc(NC2CCCCCC2)c1. The quantitative estimate of drug-likeness (QED) is 0.777. The third kappa shape index (κ3) is 3.74. The number of hydrogen-bond acceptors (Lipinski definition) is 2. The molecule has 1 atom stereocenters. The van der Waals surface area contributed by atoms with Gasteiger partial charge < -0.3 is 11.1 Å². The molecule has 0 spiro atoms. The molecule has 1 saturated carbocycles. The largest absolute Gasteiger partial charge is 0.382 e. The van der Waals surface area contributed by atoms with E-state index in [9.17, 15) is 0 Å². The molecule has 0 saturated heterocycles. The standard InChI is InChI=1S/C15H24N2/c1-12(16)13-7-6-10-15(11-13)17-14-8-4-2-3-5-9-14/h6-7,10-12,14,17H,2-5,8-9,16H2,1H3. The maximum atomic E-state index is 5.91. The average Bonchev–Trinajstić information content (AvgIpc) is 2.58. The van der Waals surface area contributed by atoms with E-state index in [1.54, 1.807) is 0 Å². The van der Waals surface area contributed by atoms with Crippen LogP contribution in [0.4, 0.5) is 5.69 Å². The highest BCUT2D eigenvalue weighted by Gasteiger charge is 2.12. The number of anilines is 1. The van der Waals surface area contributed by atoms with Crippen molar-refractivity contribution in [1.29, 1.82) is 0 Å². The summed E-state index contributed by atoms with van der Waals surface area (Å²) in [6.07, 6.45) is 8.15. The Morgan fingerprint density at radius 2 is 1.88 bits per heavy atom. The fraction of sp³-hybridized carbons (Fsp3) is 0.600. The fourth-order valence-electron chi connectivity index (χ4n) is 2.57. The van der Waals surface area contributed by atoms with Crippen molar-refractivity contribution in [1.82, 2.24) is 0 Å². The van der Waals surface area contributed by atoms with Gasteiger partial charge in [-0.25, -0.2) is 0 Å². The summed E-state index contributed by atoms with van der Waals surface area (Å²) < 4.78 is 0. The van der Waals surface area contributed by atoms with Gasteiger partial charge in [0, 0.05) is 17.8 Å². The molecule has 2 heteroatoms. The van der Waals surface area contributed by atoms with Gasteiger partial charge in [0.05, 0.1) is 0 Å². The molecule has 17 heavy (non-hydrogen) atoms. The molecule has 1 aliphatic rings. The molecular weight excluding hydrogens is 208 g/mol. The lowest BCUT2D eigenvalue weighted by molar-refractivity contribution is 0.620. The van der Waals surface area contributed by atoms with Crippen LogP contribution < -0.4 is 11.1 Å². The molecule has 2 rings (SSSR count). The number of hydrogen-bond donors (Lipinski definition) is 2. The molecule has 3 N–H and O–H groups in total. The van der Waals surface area contributed by atoms with Gasteiger partial charge >= 0.3 is 0 Å². The van der Waals surface area contributed by atoms with E-state index in [2.05, 4.69) is 29.6 Å². The highest BCUT2D eigenvalue weighted by atomic mass is 14.9. The Morgan fingerprint density at radius 3 is 2.53 bits per heavy atom. The second kappa shape index (κ2) is 6.06. The van der Waals surface area contributed by atoms with Gasteiger partial charge in [-0.1, -0.05) is 37.8 Å². The Balaban J connectivity index is 1.99. The molecule has 0 amide bonds. The molecule has 0 bridgehead atoms. The van der Waals surface area contributed by atoms with Crippen LogP contribution in [0.2, 0.25) is 0 Å². The van der Waals surface area contributed by atoms with Crippen molar-refractivity contribution in [3.05, 3.63) is 29.8 Å². The molecule has 1 aliphatic carbocycles. The average molecular weight is 232 g/mol. The third-order valence-electron chi connectivity index (χ3n) is 3.64. The maximum Gasteiger partial charge on any atom is 0.0345 e. The highest BCUT2D eigenvalue weighted by Crippen LogP contribution is 2.22. The molecule has 1 unspecified atom stereocenters. The van der Waals surface area contributed by atoms with E-state index in [1.165, 1.54) is 49.8 Å². The number of nitrogens with two attached hydrogens (primary N) is 1. The second-order valence-corrected chi connectivity index (χ2v) is 5.25. The monoisotopic (exact) mass is 232 g/mol. The normalized spacial score (nSPS) is 19.6. The van der Waals surface area contributed by atoms with Gasteiger partial charge in [-0.2, -0.15) is 0 Å². The Morgan fingerprint density at radius 1 is 1.18 bits per heavy atom. The third-order valence-corrected chi connectivity index (χ3v) is 3.64. The van der Waals surface area contributed by atoms with Gasteiger partial charge in [0.2, 0.25) is 0 Å². The summed E-state index contributed by atoms with van der Waals surface area (Å²) in [6.45, 7) is 2.03.